The van der Waals surface area contributed by atoms with Crippen molar-refractivity contribution < 1.29 is 9.84 Å². The van der Waals surface area contributed by atoms with Gasteiger partial charge in [0.25, 0.3) is 0 Å². The number of aryl methyl sites for hydroxylation is 1. The number of phenolic OH excluding ortho intramolecular Hbond substituents is 1. The summed E-state index contributed by atoms with van der Waals surface area (Å²) >= 11 is 1.48. The summed E-state index contributed by atoms with van der Waals surface area (Å²) in [7, 11) is 1.58. The predicted octanol–water partition coefficient (Wildman–Crippen LogP) is 3.13. The molecule has 0 aliphatic heterocycles. The van der Waals surface area contributed by atoms with E-state index in [1.165, 1.54) is 11.3 Å². The molecule has 2 heterocycles. The van der Waals surface area contributed by atoms with Crippen LogP contribution in [0.15, 0.2) is 29.2 Å². The minimum atomic E-state index is 0.0774. The molecule has 0 unspecified atom stereocenters. The standard InChI is InChI=1S/C16H16N4O2S/c1-3-9-4-10(13(21)5-14(9)22-2)15-11(6-18-16(17)20-15)12-7-23-8-19-12/h4-8,21H,3H2,1-2H3,(H2,17,18,20). The molecule has 7 heteroatoms. The maximum Gasteiger partial charge on any atom is 0.220 e. The van der Waals surface area contributed by atoms with Crippen molar-refractivity contribution in [3.63, 3.8) is 0 Å². The van der Waals surface area contributed by atoms with Crippen LogP contribution < -0.4 is 10.5 Å². The lowest BCUT2D eigenvalue weighted by molar-refractivity contribution is 0.403. The van der Waals surface area contributed by atoms with E-state index in [0.29, 0.717) is 17.0 Å². The Hall–Kier alpha value is -2.67. The number of nitrogens with two attached hydrogens (primary N) is 1. The molecule has 3 rings (SSSR count). The molecule has 6 nitrogen and oxygen atoms in total. The number of phenols is 1. The van der Waals surface area contributed by atoms with E-state index < -0.39 is 0 Å². The van der Waals surface area contributed by atoms with E-state index >= 15 is 0 Å². The summed E-state index contributed by atoms with van der Waals surface area (Å²) in [6.45, 7) is 2.02. The Labute approximate surface area is 137 Å². The Bertz CT molecular complexity index is 834. The van der Waals surface area contributed by atoms with Gasteiger partial charge in [-0.05, 0) is 18.1 Å². The first-order chi connectivity index (χ1) is 11.1. The topological polar surface area (TPSA) is 94.2 Å². The molecule has 0 aliphatic rings. The summed E-state index contributed by atoms with van der Waals surface area (Å²) < 4.78 is 5.31. The lowest BCUT2D eigenvalue weighted by atomic mass is 10.00. The molecule has 0 spiro atoms. The Morgan fingerprint density at radius 1 is 1.26 bits per heavy atom. The van der Waals surface area contributed by atoms with Gasteiger partial charge in [-0.3, -0.25) is 0 Å². The first-order valence-electron chi connectivity index (χ1n) is 7.05. The van der Waals surface area contributed by atoms with Crippen LogP contribution in [0, 0.1) is 0 Å². The average Bonchev–Trinajstić information content (AvgIpc) is 3.08. The zero-order valence-corrected chi connectivity index (χ0v) is 13.6. The van der Waals surface area contributed by atoms with Crippen molar-refractivity contribution in [2.24, 2.45) is 0 Å². The van der Waals surface area contributed by atoms with Crippen LogP contribution in [0.1, 0.15) is 12.5 Å². The summed E-state index contributed by atoms with van der Waals surface area (Å²) in [5.41, 5.74) is 11.1. The highest BCUT2D eigenvalue weighted by atomic mass is 32.1. The van der Waals surface area contributed by atoms with Crippen LogP contribution in [0.4, 0.5) is 5.95 Å². The molecule has 0 saturated carbocycles. The third kappa shape index (κ3) is 2.83. The van der Waals surface area contributed by atoms with Gasteiger partial charge in [-0.1, -0.05) is 6.92 Å². The highest BCUT2D eigenvalue weighted by Crippen LogP contribution is 2.39. The van der Waals surface area contributed by atoms with E-state index in [9.17, 15) is 5.11 Å². The van der Waals surface area contributed by atoms with Crippen LogP contribution in [0.25, 0.3) is 22.5 Å². The van der Waals surface area contributed by atoms with Crippen molar-refractivity contribution in [3.05, 3.63) is 34.8 Å². The molecule has 23 heavy (non-hydrogen) atoms. The number of ether oxygens (including phenoxy) is 1. The fraction of sp³-hybridized carbons (Fsp3) is 0.188. The van der Waals surface area contributed by atoms with Crippen LogP contribution in [0.2, 0.25) is 0 Å². The molecule has 0 saturated heterocycles. The Balaban J connectivity index is 2.24. The third-order valence-electron chi connectivity index (χ3n) is 3.55. The molecule has 3 N–H and O–H groups in total. The molecule has 118 valence electrons. The van der Waals surface area contributed by atoms with E-state index in [1.54, 1.807) is 24.9 Å². The lowest BCUT2D eigenvalue weighted by Crippen LogP contribution is -2.00. The molecule has 2 aromatic heterocycles. The molecule has 0 bridgehead atoms. The van der Waals surface area contributed by atoms with Crippen molar-refractivity contribution in [2.45, 2.75) is 13.3 Å². The SMILES string of the molecule is CCc1cc(-c2nc(N)ncc2-c2cscn2)c(O)cc1OC. The Morgan fingerprint density at radius 3 is 2.74 bits per heavy atom. The summed E-state index contributed by atoms with van der Waals surface area (Å²) in [4.78, 5) is 12.7. The number of methoxy groups -OCH3 is 1. The number of anilines is 1. The molecule has 0 aliphatic carbocycles. The van der Waals surface area contributed by atoms with E-state index in [0.717, 1.165) is 23.2 Å². The minimum Gasteiger partial charge on any atom is -0.507 e. The number of hydrogen-bond donors (Lipinski definition) is 2. The van der Waals surface area contributed by atoms with Gasteiger partial charge in [0.05, 0.1) is 24.0 Å². The van der Waals surface area contributed by atoms with E-state index in [4.69, 9.17) is 10.5 Å². The van der Waals surface area contributed by atoms with Crippen molar-refractivity contribution in [1.29, 1.82) is 0 Å². The van der Waals surface area contributed by atoms with Crippen LogP contribution in [0.3, 0.4) is 0 Å². The van der Waals surface area contributed by atoms with Gasteiger partial charge in [-0.15, -0.1) is 11.3 Å². The minimum absolute atomic E-state index is 0.0774. The first kappa shape index (κ1) is 15.2. The smallest absolute Gasteiger partial charge is 0.220 e. The second-order valence-electron chi connectivity index (χ2n) is 4.90. The highest BCUT2D eigenvalue weighted by molar-refractivity contribution is 7.07. The van der Waals surface area contributed by atoms with Gasteiger partial charge in [0, 0.05) is 28.8 Å². The summed E-state index contributed by atoms with van der Waals surface area (Å²) in [6, 6.07) is 3.46. The number of aromatic nitrogens is 3. The van der Waals surface area contributed by atoms with E-state index in [-0.39, 0.29) is 11.7 Å². The zero-order valence-electron chi connectivity index (χ0n) is 12.8. The molecule has 3 aromatic rings. The number of thiazole rings is 1. The molecule has 1 aromatic carbocycles. The Morgan fingerprint density at radius 2 is 2.09 bits per heavy atom. The van der Waals surface area contributed by atoms with Crippen LogP contribution in [-0.4, -0.2) is 27.2 Å². The molecular weight excluding hydrogens is 312 g/mol. The number of rotatable bonds is 4. The van der Waals surface area contributed by atoms with Gasteiger partial charge in [0.15, 0.2) is 0 Å². The number of nitrogen functional groups attached to an aromatic ring is 1. The zero-order chi connectivity index (χ0) is 16.4. The van der Waals surface area contributed by atoms with Crippen molar-refractivity contribution in [2.75, 3.05) is 12.8 Å². The normalized spacial score (nSPS) is 10.7. The second kappa shape index (κ2) is 6.21. The molecule has 0 fully saturated rings. The predicted molar refractivity (Wildman–Crippen MR) is 90.6 cm³/mol. The number of aromatic hydroxyl groups is 1. The molecule has 0 atom stereocenters. The van der Waals surface area contributed by atoms with Crippen LogP contribution in [-0.2, 0) is 6.42 Å². The van der Waals surface area contributed by atoms with Crippen molar-refractivity contribution in [3.8, 4) is 34.0 Å². The maximum absolute atomic E-state index is 10.4. The quantitative estimate of drug-likeness (QED) is 0.764. The monoisotopic (exact) mass is 328 g/mol. The van der Waals surface area contributed by atoms with Crippen molar-refractivity contribution in [1.82, 2.24) is 15.0 Å². The van der Waals surface area contributed by atoms with Gasteiger partial charge < -0.3 is 15.6 Å². The maximum atomic E-state index is 10.4. The largest absolute Gasteiger partial charge is 0.507 e. The fourth-order valence-electron chi connectivity index (χ4n) is 2.40. The number of benzene rings is 1. The molecule has 0 amide bonds. The van der Waals surface area contributed by atoms with Gasteiger partial charge in [-0.2, -0.15) is 0 Å². The molecular formula is C16H16N4O2S. The van der Waals surface area contributed by atoms with Gasteiger partial charge in [-0.25, -0.2) is 15.0 Å². The van der Waals surface area contributed by atoms with Gasteiger partial charge in [0.2, 0.25) is 5.95 Å². The number of hydrogen-bond acceptors (Lipinski definition) is 7. The molecule has 0 radical (unpaired) electrons. The Kier molecular flexibility index (Phi) is 4.12. The van der Waals surface area contributed by atoms with Crippen molar-refractivity contribution >= 4 is 17.3 Å². The number of nitrogens with zero attached hydrogens (tertiary/aromatic N) is 3. The average molecular weight is 328 g/mol. The summed E-state index contributed by atoms with van der Waals surface area (Å²) in [5.74, 6) is 0.867. The lowest BCUT2D eigenvalue weighted by Gasteiger charge is -2.13. The van der Waals surface area contributed by atoms with Gasteiger partial charge >= 0.3 is 0 Å². The third-order valence-corrected chi connectivity index (χ3v) is 4.14. The summed E-state index contributed by atoms with van der Waals surface area (Å²) in [5, 5.41) is 12.3. The first-order valence-corrected chi connectivity index (χ1v) is 7.99. The van der Waals surface area contributed by atoms with Crippen LogP contribution >= 0.6 is 11.3 Å². The second-order valence-corrected chi connectivity index (χ2v) is 5.62. The van der Waals surface area contributed by atoms with Gasteiger partial charge in [0.1, 0.15) is 11.5 Å². The van der Waals surface area contributed by atoms with E-state index in [2.05, 4.69) is 15.0 Å². The van der Waals surface area contributed by atoms with Crippen LogP contribution in [0.5, 0.6) is 11.5 Å². The van der Waals surface area contributed by atoms with E-state index in [1.807, 2.05) is 18.4 Å². The highest BCUT2D eigenvalue weighted by Gasteiger charge is 2.18. The summed E-state index contributed by atoms with van der Waals surface area (Å²) in [6.07, 6.45) is 2.39. The fourth-order valence-corrected chi connectivity index (χ4v) is 2.96.